The second kappa shape index (κ2) is 12.4. The number of benzene rings is 2. The number of phenolic OH excluding ortho intramolecular Hbond substituents is 2. The Morgan fingerprint density at radius 2 is 1.40 bits per heavy atom. The minimum atomic E-state index is -1.43. The van der Waals surface area contributed by atoms with E-state index in [4.69, 9.17) is 18.9 Å². The highest BCUT2D eigenvalue weighted by atomic mass is 16.7. The van der Waals surface area contributed by atoms with Crippen LogP contribution >= 0.6 is 0 Å². The quantitative estimate of drug-likeness (QED) is 0.261. The molecule has 3 rings (SSSR count). The Bertz CT molecular complexity index is 952. The van der Waals surface area contributed by atoms with Gasteiger partial charge in [-0.3, -0.25) is 0 Å². The maximum Gasteiger partial charge on any atom is 0.186 e. The van der Waals surface area contributed by atoms with E-state index >= 15 is 0 Å². The smallest absolute Gasteiger partial charge is 0.186 e. The molecule has 1 aliphatic rings. The van der Waals surface area contributed by atoms with E-state index in [1.165, 1.54) is 26.4 Å². The topological polar surface area (TPSA) is 158 Å². The molecule has 1 fully saturated rings. The number of aromatic hydroxyl groups is 2. The molecule has 6 N–H and O–H groups in total. The Balaban J connectivity index is 1.81. The average Bonchev–Trinajstić information content (AvgIpc) is 2.86. The van der Waals surface area contributed by atoms with Gasteiger partial charge in [-0.25, -0.2) is 0 Å². The Hall–Kier alpha value is -2.60. The molecule has 10 heteroatoms. The van der Waals surface area contributed by atoms with Crippen LogP contribution in [0.5, 0.6) is 23.0 Å². The van der Waals surface area contributed by atoms with Gasteiger partial charge in [0.1, 0.15) is 18.3 Å². The third kappa shape index (κ3) is 6.75. The summed E-state index contributed by atoms with van der Waals surface area (Å²) in [7, 11) is 2.91. The van der Waals surface area contributed by atoms with Gasteiger partial charge in [-0.15, -0.1) is 0 Å². The van der Waals surface area contributed by atoms with E-state index in [1.54, 1.807) is 24.3 Å². The van der Waals surface area contributed by atoms with Crippen LogP contribution in [-0.4, -0.2) is 89.3 Å². The van der Waals surface area contributed by atoms with Crippen molar-refractivity contribution in [1.29, 1.82) is 0 Å². The summed E-state index contributed by atoms with van der Waals surface area (Å²) in [5, 5.41) is 60.0. The SMILES string of the molecule is COc1cc(CC(CO)C(CO[C@@H]2OC[C@@H](O)[C@H](O)[C@H]2O)Cc2ccc(O)c(OC)c2)ccc1O. The molecule has 1 aliphatic heterocycles. The minimum Gasteiger partial charge on any atom is -0.504 e. The van der Waals surface area contributed by atoms with Crippen LogP contribution in [0.15, 0.2) is 36.4 Å². The molecule has 194 valence electrons. The van der Waals surface area contributed by atoms with Crippen LogP contribution in [0.4, 0.5) is 0 Å². The highest BCUT2D eigenvalue weighted by Gasteiger charge is 2.39. The van der Waals surface area contributed by atoms with E-state index in [1.807, 2.05) is 0 Å². The second-order valence-electron chi connectivity index (χ2n) is 8.71. The lowest BCUT2D eigenvalue weighted by Gasteiger charge is -2.36. The van der Waals surface area contributed by atoms with E-state index in [0.29, 0.717) is 24.3 Å². The number of aliphatic hydroxyl groups excluding tert-OH is 4. The monoisotopic (exact) mass is 494 g/mol. The molecule has 0 saturated carbocycles. The Morgan fingerprint density at radius 1 is 0.857 bits per heavy atom. The number of rotatable bonds is 11. The third-order valence-corrected chi connectivity index (χ3v) is 6.31. The molecule has 10 nitrogen and oxygen atoms in total. The lowest BCUT2D eigenvalue weighted by atomic mass is 9.83. The molecule has 0 bridgehead atoms. The molecule has 1 heterocycles. The van der Waals surface area contributed by atoms with Crippen molar-refractivity contribution in [2.24, 2.45) is 11.8 Å². The van der Waals surface area contributed by atoms with Gasteiger partial charge in [-0.05, 0) is 60.1 Å². The standard InChI is InChI=1S/C25H34O10/c1-32-21-9-14(3-5-18(21)27)7-16(11-26)17(8-15-4-6-19(28)22(10-15)33-2)12-34-25-24(31)23(30)20(29)13-35-25/h3-6,9-10,16-17,20,23-31H,7-8,11-13H2,1-2H3/t16?,17?,20-,23+,24-,25-/m1/s1. The molecular formula is C25H34O10. The number of ether oxygens (including phenoxy) is 4. The van der Waals surface area contributed by atoms with Gasteiger partial charge in [-0.2, -0.15) is 0 Å². The van der Waals surface area contributed by atoms with E-state index in [2.05, 4.69) is 0 Å². The first-order valence-corrected chi connectivity index (χ1v) is 11.4. The lowest BCUT2D eigenvalue weighted by molar-refractivity contribution is -0.273. The fraction of sp³-hybridized carbons (Fsp3) is 0.520. The van der Waals surface area contributed by atoms with Crippen molar-refractivity contribution in [1.82, 2.24) is 0 Å². The molecule has 1 saturated heterocycles. The fourth-order valence-corrected chi connectivity index (χ4v) is 4.19. The molecule has 0 aliphatic carbocycles. The Labute approximate surface area is 203 Å². The van der Waals surface area contributed by atoms with Gasteiger partial charge in [-0.1, -0.05) is 12.1 Å². The summed E-state index contributed by atoms with van der Waals surface area (Å²) < 4.78 is 21.6. The van der Waals surface area contributed by atoms with Gasteiger partial charge in [0.05, 0.1) is 27.4 Å². The average molecular weight is 495 g/mol. The molecule has 0 aromatic heterocycles. The van der Waals surface area contributed by atoms with E-state index in [0.717, 1.165) is 11.1 Å². The van der Waals surface area contributed by atoms with Crippen molar-refractivity contribution in [3.8, 4) is 23.0 Å². The fourth-order valence-electron chi connectivity index (χ4n) is 4.19. The molecule has 0 spiro atoms. The molecular weight excluding hydrogens is 460 g/mol. The largest absolute Gasteiger partial charge is 0.504 e. The Morgan fingerprint density at radius 3 is 1.91 bits per heavy atom. The third-order valence-electron chi connectivity index (χ3n) is 6.31. The van der Waals surface area contributed by atoms with Gasteiger partial charge >= 0.3 is 0 Å². The van der Waals surface area contributed by atoms with E-state index < -0.39 is 24.6 Å². The van der Waals surface area contributed by atoms with Gasteiger partial charge in [0.15, 0.2) is 29.3 Å². The zero-order valence-electron chi connectivity index (χ0n) is 19.8. The first-order valence-electron chi connectivity index (χ1n) is 11.4. The first kappa shape index (κ1) is 27.0. The zero-order chi connectivity index (χ0) is 25.5. The molecule has 2 aromatic carbocycles. The second-order valence-corrected chi connectivity index (χ2v) is 8.71. The predicted molar refractivity (Wildman–Crippen MR) is 125 cm³/mol. The van der Waals surface area contributed by atoms with Crippen LogP contribution < -0.4 is 9.47 Å². The van der Waals surface area contributed by atoms with Crippen molar-refractivity contribution in [3.05, 3.63) is 47.5 Å². The number of phenols is 2. The normalized spacial score (nSPS) is 24.1. The van der Waals surface area contributed by atoms with Crippen LogP contribution in [0.2, 0.25) is 0 Å². The highest BCUT2D eigenvalue weighted by Crippen LogP contribution is 2.32. The summed E-state index contributed by atoms with van der Waals surface area (Å²) in [5.41, 5.74) is 1.66. The van der Waals surface area contributed by atoms with Crippen molar-refractivity contribution < 1.29 is 49.6 Å². The molecule has 2 aromatic rings. The van der Waals surface area contributed by atoms with Crippen LogP contribution in [0.1, 0.15) is 11.1 Å². The summed E-state index contributed by atoms with van der Waals surface area (Å²) in [6, 6.07) is 9.94. The van der Waals surface area contributed by atoms with Crippen LogP contribution in [-0.2, 0) is 22.3 Å². The van der Waals surface area contributed by atoms with Crippen LogP contribution in [0, 0.1) is 11.8 Å². The van der Waals surface area contributed by atoms with Crippen molar-refractivity contribution in [2.75, 3.05) is 34.0 Å². The molecule has 2 unspecified atom stereocenters. The summed E-state index contributed by atoms with van der Waals surface area (Å²) in [5.74, 6) is 0.0621. The molecule has 0 radical (unpaired) electrons. The van der Waals surface area contributed by atoms with Gasteiger partial charge in [0, 0.05) is 6.61 Å². The summed E-state index contributed by atoms with van der Waals surface area (Å²) in [6.45, 7) is -0.296. The van der Waals surface area contributed by atoms with E-state index in [-0.39, 0.29) is 43.2 Å². The molecule has 35 heavy (non-hydrogen) atoms. The van der Waals surface area contributed by atoms with Crippen molar-refractivity contribution >= 4 is 0 Å². The zero-order valence-corrected chi connectivity index (χ0v) is 19.8. The van der Waals surface area contributed by atoms with Crippen molar-refractivity contribution in [3.63, 3.8) is 0 Å². The maximum atomic E-state index is 10.3. The first-order chi connectivity index (χ1) is 16.8. The van der Waals surface area contributed by atoms with Gasteiger partial charge in [0.2, 0.25) is 0 Å². The number of aliphatic hydroxyl groups is 4. The number of methoxy groups -OCH3 is 2. The molecule has 0 amide bonds. The van der Waals surface area contributed by atoms with E-state index in [9.17, 15) is 30.6 Å². The lowest BCUT2D eigenvalue weighted by Crippen LogP contribution is -2.54. The Kier molecular flexibility index (Phi) is 9.55. The minimum absolute atomic E-state index is 0.00483. The molecule has 6 atom stereocenters. The highest BCUT2D eigenvalue weighted by molar-refractivity contribution is 5.43. The van der Waals surface area contributed by atoms with Gasteiger partial charge < -0.3 is 49.6 Å². The summed E-state index contributed by atoms with van der Waals surface area (Å²) in [6.07, 6.45) is -4.30. The predicted octanol–water partition coefficient (Wildman–Crippen LogP) is 0.580. The van der Waals surface area contributed by atoms with Crippen LogP contribution in [0.25, 0.3) is 0 Å². The number of hydrogen-bond donors (Lipinski definition) is 6. The van der Waals surface area contributed by atoms with Gasteiger partial charge in [0.25, 0.3) is 0 Å². The maximum absolute atomic E-state index is 10.3. The summed E-state index contributed by atoms with van der Waals surface area (Å²) >= 11 is 0. The number of hydrogen-bond acceptors (Lipinski definition) is 10. The summed E-state index contributed by atoms with van der Waals surface area (Å²) in [4.78, 5) is 0. The van der Waals surface area contributed by atoms with Crippen molar-refractivity contribution in [2.45, 2.75) is 37.4 Å². The van der Waals surface area contributed by atoms with Crippen LogP contribution in [0.3, 0.4) is 0 Å².